The molecule has 0 aliphatic heterocycles. The van der Waals surface area contributed by atoms with E-state index in [2.05, 4.69) is 39.7 Å². The highest BCUT2D eigenvalue weighted by Crippen LogP contribution is 2.32. The van der Waals surface area contributed by atoms with Crippen LogP contribution in [0.1, 0.15) is 24.2 Å². The largest absolute Gasteiger partial charge is 0.302 e. The number of halogens is 4. The highest BCUT2D eigenvalue weighted by atomic mass is 79.9. The third-order valence-corrected chi connectivity index (χ3v) is 6.36. The predicted octanol–water partition coefficient (Wildman–Crippen LogP) is 6.26. The number of amides is 1. The van der Waals surface area contributed by atoms with E-state index in [4.69, 9.17) is 11.6 Å². The second-order valence-corrected chi connectivity index (χ2v) is 8.55. The molecule has 0 aliphatic carbocycles. The van der Waals surface area contributed by atoms with Crippen molar-refractivity contribution < 1.29 is 9.18 Å². The number of thiazole rings is 1. The van der Waals surface area contributed by atoms with Gasteiger partial charge in [-0.05, 0) is 49.5 Å². The maximum absolute atomic E-state index is 13.4. The molecule has 9 heteroatoms. The van der Waals surface area contributed by atoms with Gasteiger partial charge < -0.3 is 4.90 Å². The normalized spacial score (nSPS) is 11.0. The van der Waals surface area contributed by atoms with Gasteiger partial charge >= 0.3 is 0 Å². The lowest BCUT2D eigenvalue weighted by atomic mass is 10.2. The molecule has 1 heterocycles. The fourth-order valence-electron chi connectivity index (χ4n) is 2.88. The third kappa shape index (κ3) is 5.67. The van der Waals surface area contributed by atoms with Crippen LogP contribution in [-0.2, 0) is 0 Å². The van der Waals surface area contributed by atoms with Crippen LogP contribution >= 0.6 is 51.3 Å². The van der Waals surface area contributed by atoms with Crippen molar-refractivity contribution >= 4 is 72.5 Å². The molecule has 0 bridgehead atoms. The standard InChI is InChI=1S/C20H20BrClFN3OS.ClH/c1-3-25(4-2)9-10-26(19(27)15-7-6-14(23)12-16(15)22)20-24-17-8-5-13(21)11-18(17)28-20;/h5-8,11-12H,3-4,9-10H2,1-2H3;1H. The number of rotatable bonds is 7. The number of hydrogen-bond acceptors (Lipinski definition) is 4. The SMILES string of the molecule is CCN(CC)CCN(C(=O)c1ccc(F)cc1Cl)c1nc2ccc(Br)cc2s1.Cl. The summed E-state index contributed by atoms with van der Waals surface area (Å²) in [5.74, 6) is -0.753. The van der Waals surface area contributed by atoms with Crippen LogP contribution in [0.15, 0.2) is 40.9 Å². The summed E-state index contributed by atoms with van der Waals surface area (Å²) in [5.41, 5.74) is 1.09. The molecule has 3 rings (SSSR count). The van der Waals surface area contributed by atoms with Crippen molar-refractivity contribution in [2.24, 2.45) is 0 Å². The molecule has 2 aromatic carbocycles. The summed E-state index contributed by atoms with van der Waals surface area (Å²) in [6, 6.07) is 9.65. The molecule has 156 valence electrons. The summed E-state index contributed by atoms with van der Waals surface area (Å²) in [4.78, 5) is 21.8. The van der Waals surface area contributed by atoms with E-state index in [1.807, 2.05) is 18.2 Å². The molecule has 0 saturated heterocycles. The quantitative estimate of drug-likeness (QED) is 0.368. The Kier molecular flexibility index (Phi) is 8.85. The van der Waals surface area contributed by atoms with Crippen molar-refractivity contribution in [3.63, 3.8) is 0 Å². The van der Waals surface area contributed by atoms with Gasteiger partial charge in [0.25, 0.3) is 5.91 Å². The Hall–Kier alpha value is -1.25. The average Bonchev–Trinajstić information content (AvgIpc) is 3.07. The van der Waals surface area contributed by atoms with Crippen LogP contribution in [0.4, 0.5) is 9.52 Å². The molecule has 4 nitrogen and oxygen atoms in total. The first-order chi connectivity index (χ1) is 13.4. The molecule has 0 unspecified atom stereocenters. The van der Waals surface area contributed by atoms with Crippen LogP contribution in [0.2, 0.25) is 5.02 Å². The first-order valence-corrected chi connectivity index (χ1v) is 11.0. The van der Waals surface area contributed by atoms with E-state index in [-0.39, 0.29) is 28.9 Å². The molecule has 0 radical (unpaired) electrons. The Bertz CT molecular complexity index is 997. The second kappa shape index (κ2) is 10.7. The van der Waals surface area contributed by atoms with Gasteiger partial charge in [0.2, 0.25) is 0 Å². The molecule has 0 saturated carbocycles. The molecule has 29 heavy (non-hydrogen) atoms. The first kappa shape index (κ1) is 24.0. The van der Waals surface area contributed by atoms with E-state index in [0.717, 1.165) is 33.8 Å². The van der Waals surface area contributed by atoms with E-state index >= 15 is 0 Å². The maximum Gasteiger partial charge on any atom is 0.261 e. The fourth-order valence-corrected chi connectivity index (χ4v) is 4.67. The van der Waals surface area contributed by atoms with E-state index in [1.165, 1.54) is 23.5 Å². The van der Waals surface area contributed by atoms with E-state index in [9.17, 15) is 9.18 Å². The highest BCUT2D eigenvalue weighted by Gasteiger charge is 2.24. The maximum atomic E-state index is 13.4. The van der Waals surface area contributed by atoms with Crippen molar-refractivity contribution in [1.82, 2.24) is 9.88 Å². The Labute approximate surface area is 193 Å². The van der Waals surface area contributed by atoms with Gasteiger partial charge in [-0.25, -0.2) is 9.37 Å². The first-order valence-electron chi connectivity index (χ1n) is 8.98. The number of benzene rings is 2. The third-order valence-electron chi connectivity index (χ3n) is 4.51. The zero-order valence-electron chi connectivity index (χ0n) is 16.0. The number of fused-ring (bicyclic) bond motifs is 1. The minimum absolute atomic E-state index is 0. The lowest BCUT2D eigenvalue weighted by molar-refractivity contribution is 0.0984. The minimum Gasteiger partial charge on any atom is -0.302 e. The van der Waals surface area contributed by atoms with Crippen molar-refractivity contribution in [3.8, 4) is 0 Å². The zero-order chi connectivity index (χ0) is 20.3. The number of likely N-dealkylation sites (N-methyl/N-ethyl adjacent to an activating group) is 1. The number of carbonyl (C=O) groups is 1. The van der Waals surface area contributed by atoms with Crippen LogP contribution in [0.25, 0.3) is 10.2 Å². The Morgan fingerprint density at radius 1 is 1.17 bits per heavy atom. The van der Waals surface area contributed by atoms with Crippen LogP contribution in [0.5, 0.6) is 0 Å². The van der Waals surface area contributed by atoms with E-state index in [0.29, 0.717) is 18.2 Å². The van der Waals surface area contributed by atoms with Gasteiger partial charge in [-0.2, -0.15) is 0 Å². The fraction of sp³-hybridized carbons (Fsp3) is 0.300. The summed E-state index contributed by atoms with van der Waals surface area (Å²) in [7, 11) is 0. The number of anilines is 1. The van der Waals surface area contributed by atoms with Gasteiger partial charge in [-0.3, -0.25) is 9.69 Å². The summed E-state index contributed by atoms with van der Waals surface area (Å²) in [6.45, 7) is 7.13. The van der Waals surface area contributed by atoms with Crippen molar-refractivity contribution in [2.75, 3.05) is 31.1 Å². The van der Waals surface area contributed by atoms with Crippen LogP contribution < -0.4 is 4.90 Å². The van der Waals surface area contributed by atoms with Crippen molar-refractivity contribution in [2.45, 2.75) is 13.8 Å². The minimum atomic E-state index is -0.471. The van der Waals surface area contributed by atoms with Gasteiger partial charge in [-0.15, -0.1) is 12.4 Å². The molecule has 0 fully saturated rings. The van der Waals surface area contributed by atoms with Crippen LogP contribution in [0.3, 0.4) is 0 Å². The molecular weight excluding hydrogens is 500 g/mol. The molecule has 0 aliphatic rings. The molecule has 3 aromatic rings. The monoisotopic (exact) mass is 519 g/mol. The molecule has 1 aromatic heterocycles. The summed E-state index contributed by atoms with van der Waals surface area (Å²) in [5, 5.41) is 0.701. The van der Waals surface area contributed by atoms with Gasteiger partial charge in [0, 0.05) is 17.6 Å². The molecule has 0 N–H and O–H groups in total. The smallest absolute Gasteiger partial charge is 0.261 e. The molecule has 1 amide bonds. The Morgan fingerprint density at radius 3 is 2.55 bits per heavy atom. The van der Waals surface area contributed by atoms with Crippen LogP contribution in [-0.4, -0.2) is 42.0 Å². The van der Waals surface area contributed by atoms with E-state index < -0.39 is 5.82 Å². The summed E-state index contributed by atoms with van der Waals surface area (Å²) in [6.07, 6.45) is 0. The average molecular weight is 521 g/mol. The van der Waals surface area contributed by atoms with E-state index in [1.54, 1.807) is 4.90 Å². The number of hydrogen-bond donors (Lipinski definition) is 0. The predicted molar refractivity (Wildman–Crippen MR) is 125 cm³/mol. The van der Waals surface area contributed by atoms with Gasteiger partial charge in [0.05, 0.1) is 20.8 Å². The topological polar surface area (TPSA) is 36.4 Å². The number of carbonyl (C=O) groups excluding carboxylic acids is 1. The molecular formula is C20H21BrCl2FN3OS. The highest BCUT2D eigenvalue weighted by molar-refractivity contribution is 9.10. The zero-order valence-corrected chi connectivity index (χ0v) is 20.0. The summed E-state index contributed by atoms with van der Waals surface area (Å²) < 4.78 is 15.4. The summed E-state index contributed by atoms with van der Waals surface area (Å²) >= 11 is 11.1. The van der Waals surface area contributed by atoms with Crippen molar-refractivity contribution in [3.05, 3.63) is 57.3 Å². The number of nitrogens with zero attached hydrogens (tertiary/aromatic N) is 3. The second-order valence-electron chi connectivity index (χ2n) is 6.22. The van der Waals surface area contributed by atoms with Crippen LogP contribution in [0, 0.1) is 5.82 Å². The van der Waals surface area contributed by atoms with Gasteiger partial charge in [-0.1, -0.05) is 52.7 Å². The molecule has 0 atom stereocenters. The lowest BCUT2D eigenvalue weighted by Gasteiger charge is -2.25. The van der Waals surface area contributed by atoms with Gasteiger partial charge in [0.15, 0.2) is 5.13 Å². The van der Waals surface area contributed by atoms with Gasteiger partial charge in [0.1, 0.15) is 5.82 Å². The Balaban J connectivity index is 0.00000300. The Morgan fingerprint density at radius 2 is 1.90 bits per heavy atom. The lowest BCUT2D eigenvalue weighted by Crippen LogP contribution is -2.39. The van der Waals surface area contributed by atoms with Crippen molar-refractivity contribution in [1.29, 1.82) is 0 Å². The molecule has 0 spiro atoms. The number of aromatic nitrogens is 1.